The summed E-state index contributed by atoms with van der Waals surface area (Å²) in [4.78, 5) is 54.8. The Labute approximate surface area is 723 Å². The Kier molecular flexibility index (Phi) is 29.3. The number of nitrogens with two attached hydrogens (primary N) is 1. The van der Waals surface area contributed by atoms with Crippen LogP contribution in [0.25, 0.3) is 0 Å². The zero-order valence-electron chi connectivity index (χ0n) is 67.9. The number of amides is 3. The lowest BCUT2D eigenvalue weighted by Gasteiger charge is -2.36. The van der Waals surface area contributed by atoms with Crippen molar-refractivity contribution in [1.29, 1.82) is 0 Å². The number of aliphatic hydroxyl groups excluding tert-OH is 4. The van der Waals surface area contributed by atoms with Gasteiger partial charge in [0.25, 0.3) is 0 Å². The summed E-state index contributed by atoms with van der Waals surface area (Å²) in [5, 5.41) is 55.1. The molecule has 7 aromatic carbocycles. The van der Waals surface area contributed by atoms with Crippen molar-refractivity contribution in [3.63, 3.8) is 0 Å². The van der Waals surface area contributed by atoms with Gasteiger partial charge in [0, 0.05) is 105 Å². The van der Waals surface area contributed by atoms with Gasteiger partial charge in [0.05, 0.1) is 42.0 Å². The molecular formula is C89H108Cl3F4N11O15. The molecule has 11 aliphatic rings. The molecule has 11 atom stereocenters. The van der Waals surface area contributed by atoms with Crippen molar-refractivity contribution in [2.75, 3.05) is 185 Å². The van der Waals surface area contributed by atoms with Crippen molar-refractivity contribution >= 4 is 69.6 Å². The van der Waals surface area contributed by atoms with Gasteiger partial charge in [-0.3, -0.25) is 14.4 Å². The predicted molar refractivity (Wildman–Crippen MR) is 455 cm³/mol. The lowest BCUT2D eigenvalue weighted by molar-refractivity contribution is -0.127. The Bertz CT molecular complexity index is 4360. The molecule has 0 radical (unpaired) electrons. The van der Waals surface area contributed by atoms with Crippen LogP contribution in [0.1, 0.15) is 93.0 Å². The number of rotatable bonds is 25. The lowest BCUT2D eigenvalue weighted by Crippen LogP contribution is -2.52. The molecule has 7 saturated heterocycles. The SMILES string of the molecule is N[C@H](CN1CCC1)[C@H](O)c1cc(F)c2c(c1)OCCO2.O=C(N[C@H](CN1CCC1)[C@H](O)c1cc(F)c2c(c1)OCCO2)C1CCN(c2ccc(Cl)cc2)C1.O=C(N[C@H](CN1CCC1)[C@H](O)c1cc(F)c2c(c1)OCCO2)[C@@H]1CCN(c2ccc(Cl)cc2)C1.O=C(N[C@H](CN1CCC1)[C@H](O)c1cc(F)c2c(c1)OCCO2)[C@H]1CCN(c2ccc(Cl)cc2)C1.[2HH]. The molecule has 0 aromatic heterocycles. The number of likely N-dealkylation sites (tertiary alicyclic amines) is 4. The van der Waals surface area contributed by atoms with Gasteiger partial charge < -0.3 is 114 Å². The fourth-order valence-electron chi connectivity index (χ4n) is 16.8. The largest absolute Gasteiger partial charge is 0.486 e. The number of fused-ring (bicyclic) bond motifs is 4. The van der Waals surface area contributed by atoms with Crippen LogP contribution in [0.2, 0.25) is 15.1 Å². The average Bonchev–Trinajstić information content (AvgIpc) is 1.27. The molecule has 11 heterocycles. The minimum Gasteiger partial charge on any atom is -0.486 e. The van der Waals surface area contributed by atoms with E-state index in [-0.39, 0.29) is 97.0 Å². The molecule has 658 valence electrons. The maximum absolute atomic E-state index is 14.6. The van der Waals surface area contributed by atoms with Crippen molar-refractivity contribution in [1.82, 2.24) is 35.6 Å². The monoisotopic (exact) mass is 1750 g/mol. The average molecular weight is 1760 g/mol. The molecular weight excluding hydrogens is 1650 g/mol. The number of carbonyl (C=O) groups excluding carboxylic acids is 3. The molecule has 7 fully saturated rings. The van der Waals surface area contributed by atoms with Crippen LogP contribution in [-0.2, 0) is 14.4 Å². The first-order chi connectivity index (χ1) is 59.1. The van der Waals surface area contributed by atoms with E-state index >= 15 is 0 Å². The summed E-state index contributed by atoms with van der Waals surface area (Å²) in [6, 6.07) is 32.1. The van der Waals surface area contributed by atoms with Crippen LogP contribution in [0.3, 0.4) is 0 Å². The molecule has 1 unspecified atom stereocenters. The maximum atomic E-state index is 14.6. The second-order valence-electron chi connectivity index (χ2n) is 32.7. The zero-order chi connectivity index (χ0) is 85.1. The third-order valence-corrected chi connectivity index (χ3v) is 25.0. The van der Waals surface area contributed by atoms with Gasteiger partial charge in [-0.25, -0.2) is 17.6 Å². The van der Waals surface area contributed by atoms with Crippen LogP contribution in [-0.4, -0.2) is 253 Å². The highest BCUT2D eigenvalue weighted by Crippen LogP contribution is 2.42. The van der Waals surface area contributed by atoms with Crippen molar-refractivity contribution in [2.24, 2.45) is 23.5 Å². The third-order valence-electron chi connectivity index (χ3n) is 24.3. The van der Waals surface area contributed by atoms with Gasteiger partial charge in [-0.15, -0.1) is 0 Å². The fraction of sp³-hybridized carbons (Fsp3) is 0.494. The summed E-state index contributed by atoms with van der Waals surface area (Å²) < 4.78 is 101. The number of nitrogens with one attached hydrogen (secondary N) is 3. The summed E-state index contributed by atoms with van der Waals surface area (Å²) in [6.07, 6.45) is 2.45. The topological polar surface area (TPSA) is 291 Å². The van der Waals surface area contributed by atoms with Crippen LogP contribution in [0.4, 0.5) is 34.6 Å². The standard InChI is InChI=1S/3C25H29ClFN3O4.C14H19FN2O3.H2/c3*26-18-2-4-19(5-3-18)30-9-6-16(14-30)25(32)28-21(15-29-7-1-8-29)23(31)17-12-20(27)24-22(13-17)33-10-11-34-24;15-10-6-9(7-12-14(10)20-5-4-19-12)13(18)11(16)8-17-2-1-3-17;/h3*2-5,12-13,16,21,23,31H,1,6-11,14-15H2,(H,28,32);6-7,11,13,18H,1-5,8,16H2;1H/t16?,21-,23-;16-,21+,23+;16-,21-,23-;11-,13-;/m1011./s1/i;;;;1+1. The first-order valence-corrected chi connectivity index (χ1v) is 43.4. The van der Waals surface area contributed by atoms with Crippen LogP contribution in [0.5, 0.6) is 46.0 Å². The minimum atomic E-state index is -1.08. The summed E-state index contributed by atoms with van der Waals surface area (Å²) in [6.45, 7) is 16.3. The maximum Gasteiger partial charge on any atom is 0.225 e. The summed E-state index contributed by atoms with van der Waals surface area (Å²) in [7, 11) is 0. The molecule has 26 nitrogen and oxygen atoms in total. The number of anilines is 3. The van der Waals surface area contributed by atoms with Crippen LogP contribution >= 0.6 is 34.8 Å². The van der Waals surface area contributed by atoms with Crippen molar-refractivity contribution in [3.8, 4) is 46.0 Å². The summed E-state index contributed by atoms with van der Waals surface area (Å²) >= 11 is 18.0. The molecule has 7 aromatic rings. The molecule has 33 heteroatoms. The number of benzene rings is 7. The van der Waals surface area contributed by atoms with E-state index < -0.39 is 71.9 Å². The first-order valence-electron chi connectivity index (χ1n) is 42.2. The van der Waals surface area contributed by atoms with Crippen LogP contribution < -0.4 is 74.3 Å². The highest BCUT2D eigenvalue weighted by molar-refractivity contribution is 6.31. The number of nitrogens with zero attached hydrogens (tertiary/aromatic N) is 7. The number of halogens is 7. The Morgan fingerprint density at radius 1 is 0.361 bits per heavy atom. The van der Waals surface area contributed by atoms with Crippen molar-refractivity contribution in [2.45, 2.75) is 93.5 Å². The molecule has 11 aliphatic heterocycles. The van der Waals surface area contributed by atoms with E-state index in [1.165, 1.54) is 30.7 Å². The number of hydrogen-bond acceptors (Lipinski definition) is 23. The predicted octanol–water partition coefficient (Wildman–Crippen LogP) is 9.91. The van der Waals surface area contributed by atoms with E-state index in [0.717, 1.165) is 128 Å². The lowest BCUT2D eigenvalue weighted by atomic mass is 9.98. The molecule has 122 heavy (non-hydrogen) atoms. The molecule has 9 N–H and O–H groups in total. The number of aliphatic hydroxyl groups is 4. The molecule has 18 rings (SSSR count). The Morgan fingerprint density at radius 2 is 0.598 bits per heavy atom. The van der Waals surface area contributed by atoms with E-state index in [4.69, 9.17) is 78.4 Å². The quantitative estimate of drug-likeness (QED) is 0.0247. The normalized spacial score (nSPS) is 21.5. The van der Waals surface area contributed by atoms with E-state index in [0.29, 0.717) is 122 Å². The van der Waals surface area contributed by atoms with E-state index in [2.05, 4.69) is 50.2 Å². The van der Waals surface area contributed by atoms with Gasteiger partial charge >= 0.3 is 0 Å². The summed E-state index contributed by atoms with van der Waals surface area (Å²) in [5.41, 5.74) is 10.6. The van der Waals surface area contributed by atoms with Crippen LogP contribution in [0, 0.1) is 41.0 Å². The van der Waals surface area contributed by atoms with Gasteiger partial charge in [0.2, 0.25) is 17.7 Å². The van der Waals surface area contributed by atoms with Gasteiger partial charge in [-0.1, -0.05) is 34.8 Å². The molecule has 0 saturated carbocycles. The molecule has 3 amide bonds. The highest BCUT2D eigenvalue weighted by atomic mass is 35.5. The molecule has 0 bridgehead atoms. The van der Waals surface area contributed by atoms with Gasteiger partial charge in [0.1, 0.15) is 71.2 Å². The number of ether oxygens (including phenoxy) is 8. The van der Waals surface area contributed by atoms with Gasteiger partial charge in [0.15, 0.2) is 69.3 Å². The van der Waals surface area contributed by atoms with Crippen LogP contribution in [0.15, 0.2) is 121 Å². The van der Waals surface area contributed by atoms with Crippen molar-refractivity contribution in [3.05, 3.63) is 182 Å². The molecule has 0 spiro atoms. The smallest absolute Gasteiger partial charge is 0.225 e. The van der Waals surface area contributed by atoms with Crippen molar-refractivity contribution < 1.29 is 91.7 Å². The molecule has 0 aliphatic carbocycles. The Morgan fingerprint density at radius 3 is 0.844 bits per heavy atom. The van der Waals surface area contributed by atoms with E-state index in [1.54, 1.807) is 24.3 Å². The Hall–Kier alpha value is -9.02. The second kappa shape index (κ2) is 40.7. The zero-order valence-corrected chi connectivity index (χ0v) is 70.1. The first kappa shape index (κ1) is 87.9. The number of carbonyl (C=O) groups is 3. The van der Waals surface area contributed by atoms with Gasteiger partial charge in [-0.05, 0) is 241 Å². The fourth-order valence-corrected chi connectivity index (χ4v) is 17.2. The Balaban J connectivity index is 0.000000136. The highest BCUT2D eigenvalue weighted by Gasteiger charge is 2.40. The summed E-state index contributed by atoms with van der Waals surface area (Å²) in [5.74, 6) is -1.63. The second-order valence-corrected chi connectivity index (χ2v) is 34.0. The van der Waals surface area contributed by atoms with Gasteiger partial charge in [-0.2, -0.15) is 0 Å². The van der Waals surface area contributed by atoms with E-state index in [9.17, 15) is 52.4 Å². The minimum absolute atomic E-state index is 0. The van der Waals surface area contributed by atoms with E-state index in [1.807, 2.05) is 72.8 Å². The third kappa shape index (κ3) is 21.8. The number of hydrogen-bond donors (Lipinski definition) is 8.